The van der Waals surface area contributed by atoms with Gasteiger partial charge in [0.15, 0.2) is 0 Å². The number of nitrogens with one attached hydrogen (secondary N) is 1. The fourth-order valence-electron chi connectivity index (χ4n) is 2.02. The molecule has 0 aliphatic carbocycles. The number of hydrogen-bond donors (Lipinski definition) is 4. The summed E-state index contributed by atoms with van der Waals surface area (Å²) in [6, 6.07) is 4.85. The number of fused-ring (bicyclic) bond motifs is 1. The molecule has 16 heavy (non-hydrogen) atoms. The highest BCUT2D eigenvalue weighted by atomic mass is 16.3. The topological polar surface area (TPSA) is 82.3 Å². The molecule has 1 heterocycles. The summed E-state index contributed by atoms with van der Waals surface area (Å²) in [6.07, 6.45) is -0.776. The highest BCUT2D eigenvalue weighted by molar-refractivity contribution is 5.90. The van der Waals surface area contributed by atoms with Gasteiger partial charge in [-0.15, -0.1) is 0 Å². The molecule has 0 saturated heterocycles. The van der Waals surface area contributed by atoms with E-state index >= 15 is 0 Å². The molecule has 0 amide bonds. The third-order valence-electron chi connectivity index (χ3n) is 2.83. The number of aromatic amines is 1. The van der Waals surface area contributed by atoms with Crippen molar-refractivity contribution in [2.24, 2.45) is 5.73 Å². The number of phenolic OH excluding ortho intramolecular Hbond substituents is 1. The Balaban J connectivity index is 2.72. The van der Waals surface area contributed by atoms with E-state index in [0.717, 1.165) is 11.2 Å². The Bertz CT molecular complexity index is 517. The van der Waals surface area contributed by atoms with Crippen molar-refractivity contribution in [1.82, 2.24) is 4.98 Å². The van der Waals surface area contributed by atoms with E-state index in [1.807, 2.05) is 13.0 Å². The van der Waals surface area contributed by atoms with Gasteiger partial charge in [0.25, 0.3) is 0 Å². The van der Waals surface area contributed by atoms with Crippen molar-refractivity contribution in [3.8, 4) is 5.75 Å². The maximum atomic E-state index is 10.0. The second-order valence-corrected chi connectivity index (χ2v) is 4.17. The van der Waals surface area contributed by atoms with Crippen molar-refractivity contribution in [3.05, 3.63) is 29.5 Å². The zero-order valence-electron chi connectivity index (χ0n) is 9.36. The molecule has 0 aliphatic heterocycles. The van der Waals surface area contributed by atoms with Gasteiger partial charge >= 0.3 is 0 Å². The van der Waals surface area contributed by atoms with Gasteiger partial charge in [0.2, 0.25) is 0 Å². The van der Waals surface area contributed by atoms with Crippen molar-refractivity contribution < 1.29 is 10.2 Å². The number of aromatic hydroxyl groups is 1. The lowest BCUT2D eigenvalue weighted by Gasteiger charge is -2.15. The smallest absolute Gasteiger partial charge is 0.125 e. The van der Waals surface area contributed by atoms with Crippen LogP contribution in [0.4, 0.5) is 0 Å². The van der Waals surface area contributed by atoms with Crippen molar-refractivity contribution in [2.75, 3.05) is 0 Å². The molecule has 0 spiro atoms. The van der Waals surface area contributed by atoms with Crippen molar-refractivity contribution in [1.29, 1.82) is 0 Å². The van der Waals surface area contributed by atoms with Crippen LogP contribution >= 0.6 is 0 Å². The van der Waals surface area contributed by atoms with Crippen LogP contribution in [0.2, 0.25) is 0 Å². The van der Waals surface area contributed by atoms with E-state index in [-0.39, 0.29) is 11.8 Å². The number of phenols is 1. The van der Waals surface area contributed by atoms with Crippen molar-refractivity contribution in [2.45, 2.75) is 26.0 Å². The first kappa shape index (κ1) is 11.0. The number of H-pyrrole nitrogens is 1. The van der Waals surface area contributed by atoms with Gasteiger partial charge in [-0.05, 0) is 26.0 Å². The second kappa shape index (κ2) is 3.81. The summed E-state index contributed by atoms with van der Waals surface area (Å²) >= 11 is 0. The van der Waals surface area contributed by atoms with Gasteiger partial charge in [-0.25, -0.2) is 0 Å². The first-order valence-corrected chi connectivity index (χ1v) is 5.26. The summed E-state index contributed by atoms with van der Waals surface area (Å²) in [4.78, 5) is 3.13. The monoisotopic (exact) mass is 220 g/mol. The Kier molecular flexibility index (Phi) is 2.61. The van der Waals surface area contributed by atoms with E-state index in [4.69, 9.17) is 5.73 Å². The van der Waals surface area contributed by atoms with Crippen molar-refractivity contribution in [3.63, 3.8) is 0 Å². The number of aliphatic hydroxyl groups is 1. The number of rotatable bonds is 2. The fourth-order valence-corrected chi connectivity index (χ4v) is 2.02. The second-order valence-electron chi connectivity index (χ2n) is 4.17. The van der Waals surface area contributed by atoms with Crippen LogP contribution in [0.3, 0.4) is 0 Å². The maximum absolute atomic E-state index is 10.0. The van der Waals surface area contributed by atoms with Crippen LogP contribution in [-0.2, 0) is 0 Å². The number of hydrogen-bond acceptors (Lipinski definition) is 3. The number of benzene rings is 1. The molecule has 0 aliphatic rings. The van der Waals surface area contributed by atoms with Gasteiger partial charge in [-0.2, -0.15) is 0 Å². The largest absolute Gasteiger partial charge is 0.507 e. The van der Waals surface area contributed by atoms with E-state index in [0.29, 0.717) is 10.9 Å². The molecule has 4 nitrogen and oxygen atoms in total. The average Bonchev–Trinajstić information content (AvgIpc) is 2.54. The van der Waals surface area contributed by atoms with Gasteiger partial charge in [-0.3, -0.25) is 0 Å². The highest BCUT2D eigenvalue weighted by Crippen LogP contribution is 2.34. The Hall–Kier alpha value is -1.52. The number of aliphatic hydroxyl groups excluding tert-OH is 1. The van der Waals surface area contributed by atoms with Crippen LogP contribution in [0.5, 0.6) is 5.75 Å². The molecule has 5 N–H and O–H groups in total. The fraction of sp³-hybridized carbons (Fsp3) is 0.333. The lowest BCUT2D eigenvalue weighted by atomic mass is 10.0. The van der Waals surface area contributed by atoms with Gasteiger partial charge < -0.3 is 20.9 Å². The highest BCUT2D eigenvalue weighted by Gasteiger charge is 2.21. The first-order chi connectivity index (χ1) is 7.52. The van der Waals surface area contributed by atoms with E-state index < -0.39 is 6.10 Å². The molecule has 1 aromatic heterocycles. The molecule has 0 bridgehead atoms. The van der Waals surface area contributed by atoms with Crippen LogP contribution in [0, 0.1) is 6.92 Å². The first-order valence-electron chi connectivity index (χ1n) is 5.26. The Morgan fingerprint density at radius 3 is 2.69 bits per heavy atom. The van der Waals surface area contributed by atoms with Crippen molar-refractivity contribution >= 4 is 10.9 Å². The summed E-state index contributed by atoms with van der Waals surface area (Å²) in [5.74, 6) is 0.163. The molecule has 2 unspecified atom stereocenters. The van der Waals surface area contributed by atoms with Gasteiger partial charge in [-0.1, -0.05) is 6.07 Å². The molecule has 86 valence electrons. The third kappa shape index (κ3) is 1.56. The lowest BCUT2D eigenvalue weighted by molar-refractivity contribution is 0.154. The quantitative estimate of drug-likeness (QED) is 0.620. The molecular weight excluding hydrogens is 204 g/mol. The van der Waals surface area contributed by atoms with E-state index in [2.05, 4.69) is 4.98 Å². The molecule has 0 radical (unpaired) electrons. The van der Waals surface area contributed by atoms with Crippen LogP contribution in [0.1, 0.15) is 24.3 Å². The summed E-state index contributed by atoms with van der Waals surface area (Å²) < 4.78 is 0. The Morgan fingerprint density at radius 2 is 2.06 bits per heavy atom. The van der Waals surface area contributed by atoms with E-state index in [1.54, 1.807) is 19.1 Å². The van der Waals surface area contributed by atoms with Gasteiger partial charge in [0, 0.05) is 28.2 Å². The van der Waals surface area contributed by atoms with Crippen LogP contribution < -0.4 is 5.73 Å². The summed E-state index contributed by atoms with van der Waals surface area (Å²) in [5.41, 5.74) is 8.02. The summed E-state index contributed by atoms with van der Waals surface area (Å²) in [5, 5.41) is 20.5. The van der Waals surface area contributed by atoms with Gasteiger partial charge in [0.1, 0.15) is 5.75 Å². The molecule has 4 heteroatoms. The minimum absolute atomic E-state index is 0.163. The molecule has 0 fully saturated rings. The Labute approximate surface area is 93.7 Å². The lowest BCUT2D eigenvalue weighted by Crippen LogP contribution is -2.24. The minimum Gasteiger partial charge on any atom is -0.507 e. The zero-order valence-corrected chi connectivity index (χ0v) is 9.36. The molecule has 2 aromatic rings. The average molecular weight is 220 g/mol. The van der Waals surface area contributed by atoms with E-state index in [1.165, 1.54) is 0 Å². The predicted molar refractivity (Wildman–Crippen MR) is 63.3 cm³/mol. The SMILES string of the molecule is Cc1[nH]c2cccc(O)c2c1C(O)C(C)N. The molecule has 0 saturated carbocycles. The van der Waals surface area contributed by atoms with Gasteiger partial charge in [0.05, 0.1) is 6.10 Å². The van der Waals surface area contributed by atoms with Crippen LogP contribution in [0.25, 0.3) is 10.9 Å². The van der Waals surface area contributed by atoms with Crippen LogP contribution in [-0.4, -0.2) is 21.2 Å². The molecule has 2 atom stereocenters. The predicted octanol–water partition coefficient (Wildman–Crippen LogP) is 1.56. The summed E-state index contributed by atoms with van der Waals surface area (Å²) in [7, 11) is 0. The molecule has 2 rings (SSSR count). The molecular formula is C12H16N2O2. The standard InChI is InChI=1S/C12H16N2O2/c1-6(13)12(16)10-7(2)14-8-4-3-5-9(15)11(8)10/h3-6,12,14-16H,13H2,1-2H3. The normalized spacial score (nSPS) is 15.2. The molecule has 1 aromatic carbocycles. The number of aromatic nitrogens is 1. The summed E-state index contributed by atoms with van der Waals surface area (Å²) in [6.45, 7) is 3.60. The zero-order chi connectivity index (χ0) is 11.9. The number of nitrogens with two attached hydrogens (primary N) is 1. The maximum Gasteiger partial charge on any atom is 0.125 e. The van der Waals surface area contributed by atoms with E-state index in [9.17, 15) is 10.2 Å². The Morgan fingerprint density at radius 1 is 1.38 bits per heavy atom. The minimum atomic E-state index is -0.776. The van der Waals surface area contributed by atoms with Crippen LogP contribution in [0.15, 0.2) is 18.2 Å². The number of aryl methyl sites for hydroxylation is 1. The third-order valence-corrected chi connectivity index (χ3v) is 2.83.